The summed E-state index contributed by atoms with van der Waals surface area (Å²) in [5, 5.41) is 0. The third-order valence-corrected chi connectivity index (χ3v) is 2.24. The number of benzene rings is 1. The Bertz CT molecular complexity index is 582. The first-order valence-electron chi connectivity index (χ1n) is 4.81. The summed E-state index contributed by atoms with van der Waals surface area (Å²) in [5.41, 5.74) is 1.57. The van der Waals surface area contributed by atoms with Gasteiger partial charge in [0.1, 0.15) is 0 Å². The first kappa shape index (κ1) is 10.6. The van der Waals surface area contributed by atoms with E-state index >= 15 is 0 Å². The normalized spacial score (nSPS) is 10.8. The zero-order valence-corrected chi connectivity index (χ0v) is 9.25. The summed E-state index contributed by atoms with van der Waals surface area (Å²) in [4.78, 5) is 16.5. The number of aromatic nitrogens is 2. The van der Waals surface area contributed by atoms with Gasteiger partial charge in [-0.3, -0.25) is 9.78 Å². The van der Waals surface area contributed by atoms with Crippen LogP contribution in [0.15, 0.2) is 41.2 Å². The van der Waals surface area contributed by atoms with E-state index in [4.69, 9.17) is 12.2 Å². The molecule has 0 saturated carbocycles. The molecule has 0 fully saturated rings. The van der Waals surface area contributed by atoms with Gasteiger partial charge in [0.05, 0.1) is 0 Å². The molecule has 1 heterocycles. The van der Waals surface area contributed by atoms with Crippen LogP contribution in [-0.2, 0) is 0 Å². The van der Waals surface area contributed by atoms with Crippen LogP contribution in [0.1, 0.15) is 11.3 Å². The van der Waals surface area contributed by atoms with Crippen molar-refractivity contribution in [1.29, 1.82) is 0 Å². The highest BCUT2D eigenvalue weighted by Gasteiger charge is 1.90. The molecule has 16 heavy (non-hydrogen) atoms. The second-order valence-electron chi connectivity index (χ2n) is 3.29. The summed E-state index contributed by atoms with van der Waals surface area (Å²) < 4.78 is 0.334. The lowest BCUT2D eigenvalue weighted by Crippen LogP contribution is -2.06. The van der Waals surface area contributed by atoms with E-state index in [0.29, 0.717) is 10.5 Å². The number of H-pyrrole nitrogens is 2. The second kappa shape index (κ2) is 4.72. The highest BCUT2D eigenvalue weighted by atomic mass is 32.1. The highest BCUT2D eigenvalue weighted by Crippen LogP contribution is 2.04. The van der Waals surface area contributed by atoms with Crippen molar-refractivity contribution in [1.82, 2.24) is 9.97 Å². The standard InChI is InChI=1S/C12H10N2OS/c15-11-8-10(13-12(16)14-11)7-6-9-4-2-1-3-5-9/h1-8H,(H2,13,14,15,16). The summed E-state index contributed by atoms with van der Waals surface area (Å²) in [6.45, 7) is 0. The predicted molar refractivity (Wildman–Crippen MR) is 67.6 cm³/mol. The second-order valence-corrected chi connectivity index (χ2v) is 3.70. The lowest BCUT2D eigenvalue weighted by molar-refractivity contribution is 1.08. The molecule has 0 saturated heterocycles. The predicted octanol–water partition coefficient (Wildman–Crippen LogP) is 2.60. The fraction of sp³-hybridized carbons (Fsp3) is 0. The van der Waals surface area contributed by atoms with E-state index in [-0.39, 0.29) is 5.56 Å². The van der Waals surface area contributed by atoms with Crippen molar-refractivity contribution in [2.45, 2.75) is 0 Å². The van der Waals surface area contributed by atoms with Crippen LogP contribution in [0, 0.1) is 4.77 Å². The van der Waals surface area contributed by atoms with Crippen molar-refractivity contribution < 1.29 is 0 Å². The van der Waals surface area contributed by atoms with Crippen LogP contribution in [0.2, 0.25) is 0 Å². The number of rotatable bonds is 2. The largest absolute Gasteiger partial charge is 0.332 e. The van der Waals surface area contributed by atoms with Gasteiger partial charge < -0.3 is 4.98 Å². The van der Waals surface area contributed by atoms with Crippen molar-refractivity contribution in [2.75, 3.05) is 0 Å². The number of nitrogens with one attached hydrogen (secondary N) is 2. The summed E-state index contributed by atoms with van der Waals surface area (Å²) in [5.74, 6) is 0. The van der Waals surface area contributed by atoms with Gasteiger partial charge in [-0.25, -0.2) is 0 Å². The third-order valence-electron chi connectivity index (χ3n) is 2.04. The van der Waals surface area contributed by atoms with E-state index in [1.165, 1.54) is 6.07 Å². The molecule has 2 N–H and O–H groups in total. The van der Waals surface area contributed by atoms with Crippen LogP contribution < -0.4 is 5.56 Å². The van der Waals surface area contributed by atoms with Crippen molar-refractivity contribution in [2.24, 2.45) is 0 Å². The lowest BCUT2D eigenvalue weighted by Gasteiger charge is -1.94. The fourth-order valence-electron chi connectivity index (χ4n) is 1.33. The minimum atomic E-state index is -0.198. The molecule has 0 radical (unpaired) electrons. The first-order chi connectivity index (χ1) is 7.74. The number of hydrogen-bond donors (Lipinski definition) is 2. The molecule has 0 aliphatic carbocycles. The molecule has 0 amide bonds. The van der Waals surface area contributed by atoms with Crippen LogP contribution in [0.3, 0.4) is 0 Å². The molecule has 0 unspecified atom stereocenters. The molecule has 0 bridgehead atoms. The lowest BCUT2D eigenvalue weighted by atomic mass is 10.2. The maximum atomic E-state index is 11.1. The number of hydrogen-bond acceptors (Lipinski definition) is 2. The molecule has 2 aromatic rings. The molecular formula is C12H10N2OS. The minimum Gasteiger partial charge on any atom is -0.332 e. The molecule has 0 spiro atoms. The van der Waals surface area contributed by atoms with Gasteiger partial charge in [-0.1, -0.05) is 36.4 Å². The quantitative estimate of drug-likeness (QED) is 0.779. The van der Waals surface area contributed by atoms with Crippen LogP contribution in [0.25, 0.3) is 12.2 Å². The van der Waals surface area contributed by atoms with Gasteiger partial charge in [-0.15, -0.1) is 0 Å². The van der Waals surface area contributed by atoms with Gasteiger partial charge in [-0.2, -0.15) is 0 Å². The van der Waals surface area contributed by atoms with Gasteiger partial charge in [0.25, 0.3) is 5.56 Å². The molecule has 80 valence electrons. The van der Waals surface area contributed by atoms with E-state index in [1.54, 1.807) is 0 Å². The van der Waals surface area contributed by atoms with E-state index in [2.05, 4.69) is 9.97 Å². The van der Waals surface area contributed by atoms with Gasteiger partial charge in [0.15, 0.2) is 4.77 Å². The monoisotopic (exact) mass is 230 g/mol. The maximum Gasteiger partial charge on any atom is 0.252 e. The first-order valence-corrected chi connectivity index (χ1v) is 5.22. The molecule has 0 aliphatic heterocycles. The number of aromatic amines is 2. The zero-order chi connectivity index (χ0) is 11.4. The molecule has 1 aromatic heterocycles. The Hall–Kier alpha value is -1.94. The Balaban J connectivity index is 2.31. The Kier molecular flexibility index (Phi) is 3.12. The third kappa shape index (κ3) is 2.77. The van der Waals surface area contributed by atoms with Gasteiger partial charge in [0.2, 0.25) is 0 Å². The zero-order valence-electron chi connectivity index (χ0n) is 8.44. The molecule has 0 atom stereocenters. The summed E-state index contributed by atoms with van der Waals surface area (Å²) in [6, 6.07) is 11.3. The average Bonchev–Trinajstić information content (AvgIpc) is 2.27. The Morgan fingerprint density at radius 3 is 2.50 bits per heavy atom. The summed E-state index contributed by atoms with van der Waals surface area (Å²) in [7, 11) is 0. The molecule has 1 aromatic carbocycles. The average molecular weight is 230 g/mol. The maximum absolute atomic E-state index is 11.1. The Morgan fingerprint density at radius 2 is 1.81 bits per heavy atom. The van der Waals surface area contributed by atoms with E-state index in [0.717, 1.165) is 5.56 Å². The minimum absolute atomic E-state index is 0.198. The molecule has 4 heteroatoms. The van der Waals surface area contributed by atoms with Crippen molar-refractivity contribution >= 4 is 24.4 Å². The van der Waals surface area contributed by atoms with E-state index in [9.17, 15) is 4.79 Å². The van der Waals surface area contributed by atoms with Crippen LogP contribution in [-0.4, -0.2) is 9.97 Å². The van der Waals surface area contributed by atoms with Gasteiger partial charge in [-0.05, 0) is 23.9 Å². The van der Waals surface area contributed by atoms with Crippen molar-refractivity contribution in [3.63, 3.8) is 0 Å². The summed E-state index contributed by atoms with van der Waals surface area (Å²) in [6.07, 6.45) is 3.74. The molecule has 2 rings (SSSR count). The SMILES string of the molecule is O=c1cc(C=Cc2ccccc2)[nH]c(=S)[nH]1. The van der Waals surface area contributed by atoms with Gasteiger partial charge >= 0.3 is 0 Å². The van der Waals surface area contributed by atoms with Crippen LogP contribution in [0.4, 0.5) is 0 Å². The van der Waals surface area contributed by atoms with Crippen molar-refractivity contribution in [3.8, 4) is 0 Å². The van der Waals surface area contributed by atoms with E-state index in [1.807, 2.05) is 42.5 Å². The van der Waals surface area contributed by atoms with Crippen molar-refractivity contribution in [3.05, 3.63) is 62.8 Å². The smallest absolute Gasteiger partial charge is 0.252 e. The van der Waals surface area contributed by atoms with E-state index < -0.39 is 0 Å². The van der Waals surface area contributed by atoms with Crippen LogP contribution >= 0.6 is 12.2 Å². The van der Waals surface area contributed by atoms with Gasteiger partial charge in [0, 0.05) is 11.8 Å². The Morgan fingerprint density at radius 1 is 1.06 bits per heavy atom. The molecule has 3 nitrogen and oxygen atoms in total. The summed E-state index contributed by atoms with van der Waals surface area (Å²) >= 11 is 4.87. The molecule has 0 aliphatic rings. The highest BCUT2D eigenvalue weighted by molar-refractivity contribution is 7.71. The molecular weight excluding hydrogens is 220 g/mol. The Labute approximate surface area is 97.5 Å². The van der Waals surface area contributed by atoms with Crippen LogP contribution in [0.5, 0.6) is 0 Å². The fourth-order valence-corrected chi connectivity index (χ4v) is 1.55. The topological polar surface area (TPSA) is 48.6 Å².